The second-order valence-electron chi connectivity index (χ2n) is 9.37. The molecule has 1 aliphatic rings. The van der Waals surface area contributed by atoms with Gasteiger partial charge in [0.25, 0.3) is 0 Å². The van der Waals surface area contributed by atoms with Crippen molar-refractivity contribution in [2.24, 2.45) is 5.10 Å². The Morgan fingerprint density at radius 2 is 1.90 bits per heavy atom. The number of urea groups is 1. The molecule has 2 amide bonds. The fraction of sp³-hybridized carbons (Fsp3) is 0.207. The molecule has 0 spiro atoms. The van der Waals surface area contributed by atoms with E-state index in [0.29, 0.717) is 23.4 Å². The first-order chi connectivity index (χ1) is 19.4. The largest absolute Gasteiger partial charge is 0.507 e. The summed E-state index contributed by atoms with van der Waals surface area (Å²) in [4.78, 5) is 18.8. The number of aromatic nitrogens is 1. The van der Waals surface area contributed by atoms with Crippen LogP contribution in [0, 0.1) is 0 Å². The number of ether oxygens (including phenoxy) is 3. The lowest BCUT2D eigenvalue weighted by atomic mass is 10.1. The Hall–Kier alpha value is -4.61. The topological polar surface area (TPSA) is 118 Å². The number of amides is 2. The van der Waals surface area contributed by atoms with Gasteiger partial charge in [0.1, 0.15) is 18.1 Å². The molecular formula is C29H29N5O5S. The van der Waals surface area contributed by atoms with E-state index in [1.54, 1.807) is 23.5 Å². The van der Waals surface area contributed by atoms with E-state index >= 15 is 0 Å². The number of aromatic hydroxyl groups is 1. The number of anilines is 1. The summed E-state index contributed by atoms with van der Waals surface area (Å²) in [6, 6.07) is 17.8. The van der Waals surface area contributed by atoms with E-state index in [1.165, 1.54) is 12.3 Å². The first-order valence-corrected chi connectivity index (χ1v) is 13.4. The Morgan fingerprint density at radius 3 is 2.70 bits per heavy atom. The van der Waals surface area contributed by atoms with Crippen LogP contribution < -0.4 is 25.0 Å². The van der Waals surface area contributed by atoms with Gasteiger partial charge in [-0.05, 0) is 61.6 Å². The quantitative estimate of drug-likeness (QED) is 0.186. The molecule has 40 heavy (non-hydrogen) atoms. The zero-order chi connectivity index (χ0) is 27.9. The van der Waals surface area contributed by atoms with E-state index in [0.717, 1.165) is 39.9 Å². The molecule has 2 heterocycles. The van der Waals surface area contributed by atoms with Crippen LogP contribution in [-0.4, -0.2) is 48.1 Å². The predicted octanol–water partition coefficient (Wildman–Crippen LogP) is 4.96. The van der Waals surface area contributed by atoms with E-state index < -0.39 is 6.03 Å². The normalized spacial score (nSPS) is 12.2. The van der Waals surface area contributed by atoms with Crippen LogP contribution in [-0.2, 0) is 19.6 Å². The number of carbonyl (C=O) groups is 1. The summed E-state index contributed by atoms with van der Waals surface area (Å²) in [5.74, 6) is 1.98. The van der Waals surface area contributed by atoms with Crippen LogP contribution >= 0.6 is 11.3 Å². The van der Waals surface area contributed by atoms with Crippen molar-refractivity contribution >= 4 is 29.3 Å². The van der Waals surface area contributed by atoms with Crippen LogP contribution in [0.25, 0.3) is 0 Å². The van der Waals surface area contributed by atoms with Crippen molar-refractivity contribution in [3.05, 3.63) is 93.4 Å². The molecule has 5 rings (SSSR count). The van der Waals surface area contributed by atoms with Gasteiger partial charge in [-0.3, -0.25) is 0 Å². The van der Waals surface area contributed by atoms with E-state index in [4.69, 9.17) is 14.2 Å². The third-order valence-corrected chi connectivity index (χ3v) is 6.76. The van der Waals surface area contributed by atoms with Crippen molar-refractivity contribution < 1.29 is 24.1 Å². The van der Waals surface area contributed by atoms with Crippen molar-refractivity contribution in [1.29, 1.82) is 0 Å². The molecule has 3 N–H and O–H groups in total. The number of fused-ring (bicyclic) bond motifs is 1. The molecule has 0 saturated carbocycles. The minimum atomic E-state index is -0.489. The highest BCUT2D eigenvalue weighted by molar-refractivity contribution is 7.09. The molecule has 0 unspecified atom stereocenters. The fourth-order valence-corrected chi connectivity index (χ4v) is 4.79. The Labute approximate surface area is 235 Å². The van der Waals surface area contributed by atoms with Crippen LogP contribution in [0.3, 0.4) is 0 Å². The van der Waals surface area contributed by atoms with Crippen molar-refractivity contribution in [2.75, 3.05) is 26.2 Å². The maximum Gasteiger partial charge on any atom is 0.339 e. The molecule has 3 aromatic carbocycles. The van der Waals surface area contributed by atoms with Crippen LogP contribution in [0.5, 0.6) is 23.0 Å². The number of carbonyl (C=O) groups excluding carboxylic acids is 1. The van der Waals surface area contributed by atoms with Crippen molar-refractivity contribution in [2.45, 2.75) is 19.6 Å². The van der Waals surface area contributed by atoms with Gasteiger partial charge in [0.2, 0.25) is 6.79 Å². The number of thiazole rings is 1. The summed E-state index contributed by atoms with van der Waals surface area (Å²) in [6.07, 6.45) is 2.05. The van der Waals surface area contributed by atoms with Gasteiger partial charge in [-0.1, -0.05) is 18.2 Å². The molecule has 0 saturated heterocycles. The number of hydrazone groups is 1. The molecular weight excluding hydrogens is 530 g/mol. The maximum atomic E-state index is 12.1. The number of hydrogen-bond donors (Lipinski definition) is 3. The Kier molecular flexibility index (Phi) is 8.43. The van der Waals surface area contributed by atoms with Gasteiger partial charge in [0.15, 0.2) is 11.5 Å². The van der Waals surface area contributed by atoms with Crippen molar-refractivity contribution in [1.82, 2.24) is 15.3 Å². The van der Waals surface area contributed by atoms with Crippen LogP contribution in [0.15, 0.2) is 71.1 Å². The second-order valence-corrected chi connectivity index (χ2v) is 10.3. The van der Waals surface area contributed by atoms with Crippen LogP contribution in [0.1, 0.15) is 27.4 Å². The number of phenolic OH excluding ortho intramolecular Hbond substituents is 1. The molecule has 10 nitrogen and oxygen atoms in total. The first-order valence-electron chi connectivity index (χ1n) is 12.5. The third kappa shape index (κ3) is 7.28. The third-order valence-electron chi connectivity index (χ3n) is 5.86. The molecule has 4 aromatic rings. The predicted molar refractivity (Wildman–Crippen MR) is 154 cm³/mol. The number of phenols is 1. The van der Waals surface area contributed by atoms with Gasteiger partial charge >= 0.3 is 6.03 Å². The van der Waals surface area contributed by atoms with Gasteiger partial charge in [0, 0.05) is 35.7 Å². The van der Waals surface area contributed by atoms with Crippen molar-refractivity contribution in [3.63, 3.8) is 0 Å². The van der Waals surface area contributed by atoms with Crippen molar-refractivity contribution in [3.8, 4) is 23.0 Å². The minimum absolute atomic E-state index is 0.0262. The van der Waals surface area contributed by atoms with Crippen LogP contribution in [0.2, 0.25) is 0 Å². The molecule has 0 bridgehead atoms. The lowest BCUT2D eigenvalue weighted by molar-refractivity contribution is 0.174. The summed E-state index contributed by atoms with van der Waals surface area (Å²) in [7, 11) is 4.00. The molecule has 0 atom stereocenters. The zero-order valence-electron chi connectivity index (χ0n) is 22.1. The van der Waals surface area contributed by atoms with Gasteiger partial charge in [-0.25, -0.2) is 15.2 Å². The van der Waals surface area contributed by atoms with E-state index in [1.807, 2.05) is 61.9 Å². The molecule has 1 aromatic heterocycles. The smallest absolute Gasteiger partial charge is 0.339 e. The molecule has 0 radical (unpaired) electrons. The van der Waals surface area contributed by atoms with Gasteiger partial charge in [-0.2, -0.15) is 5.10 Å². The number of rotatable bonds is 10. The monoisotopic (exact) mass is 559 g/mol. The van der Waals surface area contributed by atoms with E-state index in [-0.39, 0.29) is 19.1 Å². The Balaban J connectivity index is 1.08. The average molecular weight is 560 g/mol. The number of nitrogens with one attached hydrogen (secondary N) is 2. The number of hydrogen-bond acceptors (Lipinski definition) is 9. The Bertz CT molecular complexity index is 1500. The lowest BCUT2D eigenvalue weighted by Gasteiger charge is -2.10. The highest BCUT2D eigenvalue weighted by atomic mass is 32.1. The summed E-state index contributed by atoms with van der Waals surface area (Å²) >= 11 is 1.56. The Morgan fingerprint density at radius 1 is 1.10 bits per heavy atom. The summed E-state index contributed by atoms with van der Waals surface area (Å²) in [5.41, 5.74) is 6.51. The highest BCUT2D eigenvalue weighted by Gasteiger charge is 2.14. The minimum Gasteiger partial charge on any atom is -0.507 e. The average Bonchev–Trinajstić information content (AvgIpc) is 3.58. The van der Waals surface area contributed by atoms with Crippen LogP contribution in [0.4, 0.5) is 10.5 Å². The summed E-state index contributed by atoms with van der Waals surface area (Å²) in [5, 5.41) is 19.9. The van der Waals surface area contributed by atoms with E-state index in [9.17, 15) is 9.90 Å². The second kappa shape index (κ2) is 12.5. The SMILES string of the molecule is CN(C)Cc1ccc(NC(=O)N/N=C/c2ccc(OCc3csc(Cc4ccc5c(c4)OCO5)n3)cc2O)cc1. The maximum absolute atomic E-state index is 12.1. The standard InChI is InChI=1S/C29H29N5O5S/c1-34(2)15-19-3-7-22(8-4-19)32-29(36)33-30-14-21-6-9-24(13-25(21)35)37-16-23-17-40-28(31-23)12-20-5-10-26-27(11-20)39-18-38-26/h3-11,13-14,17,35H,12,15-16,18H2,1-2H3,(H2,32,33,36)/b30-14+. The molecule has 11 heteroatoms. The lowest BCUT2D eigenvalue weighted by Crippen LogP contribution is -2.24. The van der Waals surface area contributed by atoms with Gasteiger partial charge < -0.3 is 29.5 Å². The van der Waals surface area contributed by atoms with Gasteiger partial charge in [-0.15, -0.1) is 11.3 Å². The van der Waals surface area contributed by atoms with Gasteiger partial charge in [0.05, 0.1) is 16.9 Å². The number of benzene rings is 3. The molecule has 206 valence electrons. The molecule has 0 fully saturated rings. The molecule has 1 aliphatic heterocycles. The number of nitrogens with zero attached hydrogens (tertiary/aromatic N) is 3. The van der Waals surface area contributed by atoms with E-state index in [2.05, 4.69) is 25.7 Å². The fourth-order valence-electron chi connectivity index (χ4n) is 3.98. The summed E-state index contributed by atoms with van der Waals surface area (Å²) < 4.78 is 16.6. The highest BCUT2D eigenvalue weighted by Crippen LogP contribution is 2.33. The first kappa shape index (κ1) is 27.0. The molecule has 0 aliphatic carbocycles. The zero-order valence-corrected chi connectivity index (χ0v) is 22.9. The summed E-state index contributed by atoms with van der Waals surface area (Å²) in [6.45, 7) is 1.34.